The van der Waals surface area contributed by atoms with Crippen LogP contribution < -0.4 is 9.47 Å². The summed E-state index contributed by atoms with van der Waals surface area (Å²) in [6.07, 6.45) is -4.52. The Morgan fingerprint density at radius 2 is 1.96 bits per heavy atom. The maximum atomic E-state index is 13.1. The highest BCUT2D eigenvalue weighted by molar-refractivity contribution is 5.71. The van der Waals surface area contributed by atoms with E-state index in [9.17, 15) is 18.0 Å². The van der Waals surface area contributed by atoms with Crippen LogP contribution in [0.25, 0.3) is 0 Å². The molecule has 0 aromatic heterocycles. The Morgan fingerprint density at radius 1 is 1.26 bits per heavy atom. The minimum absolute atomic E-state index is 0.130. The number of ether oxygens (including phenoxy) is 2. The Balaban J connectivity index is 2.12. The van der Waals surface area contributed by atoms with Crippen molar-refractivity contribution in [2.75, 3.05) is 26.3 Å². The van der Waals surface area contributed by atoms with Crippen LogP contribution in [0.15, 0.2) is 18.2 Å². The van der Waals surface area contributed by atoms with Gasteiger partial charge in [-0.15, -0.1) is 0 Å². The number of carbonyl (C=O) groups is 1. The Labute approximate surface area is 157 Å². The molecule has 0 saturated carbocycles. The van der Waals surface area contributed by atoms with Crippen LogP contribution in [0.4, 0.5) is 13.2 Å². The Bertz CT molecular complexity index is 648. The number of nitrogens with zero attached hydrogens (tertiary/aromatic N) is 1. The van der Waals surface area contributed by atoms with E-state index >= 15 is 0 Å². The van der Waals surface area contributed by atoms with E-state index < -0.39 is 24.0 Å². The number of aliphatic carboxylic acids is 1. The predicted octanol–water partition coefficient (Wildman–Crippen LogP) is 3.82. The zero-order valence-corrected chi connectivity index (χ0v) is 15.8. The number of likely N-dealkylation sites (tertiary alicyclic amines) is 1. The van der Waals surface area contributed by atoms with Crippen molar-refractivity contribution in [3.05, 3.63) is 23.8 Å². The van der Waals surface area contributed by atoms with Gasteiger partial charge >= 0.3 is 12.1 Å². The molecule has 1 aliphatic rings. The van der Waals surface area contributed by atoms with Crippen LogP contribution in [0.3, 0.4) is 0 Å². The number of halogens is 3. The van der Waals surface area contributed by atoms with Crippen LogP contribution in [0.2, 0.25) is 0 Å². The maximum absolute atomic E-state index is 13.1. The minimum atomic E-state index is -4.52. The van der Waals surface area contributed by atoms with Crippen molar-refractivity contribution < 1.29 is 32.5 Å². The summed E-state index contributed by atoms with van der Waals surface area (Å²) in [5.74, 6) is -3.23. The summed E-state index contributed by atoms with van der Waals surface area (Å²) in [6, 6.07) is 5.26. The Hall–Kier alpha value is -1.96. The number of carboxylic acids is 1. The van der Waals surface area contributed by atoms with Gasteiger partial charge in [-0.05, 0) is 30.5 Å². The monoisotopic (exact) mass is 389 g/mol. The van der Waals surface area contributed by atoms with Gasteiger partial charge in [-0.3, -0.25) is 9.69 Å². The van der Waals surface area contributed by atoms with Crippen LogP contribution >= 0.6 is 0 Å². The second-order valence-electron chi connectivity index (χ2n) is 7.21. The van der Waals surface area contributed by atoms with E-state index in [0.717, 1.165) is 5.56 Å². The lowest BCUT2D eigenvalue weighted by molar-refractivity contribution is -0.188. The lowest BCUT2D eigenvalue weighted by Crippen LogP contribution is -2.33. The number of alkyl halides is 3. The fraction of sp³-hybridized carbons (Fsp3) is 0.632. The van der Waals surface area contributed by atoms with Crippen LogP contribution in [0.1, 0.15) is 26.3 Å². The number of rotatable bonds is 8. The molecule has 0 amide bonds. The lowest BCUT2D eigenvalue weighted by Gasteiger charge is -2.19. The van der Waals surface area contributed by atoms with Crippen molar-refractivity contribution in [3.63, 3.8) is 0 Å². The van der Waals surface area contributed by atoms with Gasteiger partial charge in [0, 0.05) is 19.6 Å². The van der Waals surface area contributed by atoms with Crippen molar-refractivity contribution in [1.29, 1.82) is 0 Å². The average Bonchev–Trinajstić information content (AvgIpc) is 2.99. The quantitative estimate of drug-likeness (QED) is 0.733. The SMILES string of the molecule is CCOc1cc(CN2C[C@@H](C(F)(F)F)[C@H](C(=O)O)C2)ccc1OCC(C)C. The molecule has 1 fully saturated rings. The van der Waals surface area contributed by atoms with Gasteiger partial charge in [0.2, 0.25) is 0 Å². The maximum Gasteiger partial charge on any atom is 0.393 e. The molecular weight excluding hydrogens is 363 g/mol. The standard InChI is InChI=1S/C19H26F3NO4/c1-4-26-17-7-13(5-6-16(17)27-11-12(2)3)8-23-9-14(18(24)25)15(10-23)19(20,21)22/h5-7,12,14-15H,4,8-11H2,1-3H3,(H,24,25)/t14-,15-/m1/s1. The number of hydrogen-bond acceptors (Lipinski definition) is 4. The van der Waals surface area contributed by atoms with Crippen molar-refractivity contribution in [2.24, 2.45) is 17.8 Å². The molecule has 0 unspecified atom stereocenters. The molecule has 5 nitrogen and oxygen atoms in total. The second kappa shape index (κ2) is 8.82. The molecular formula is C19H26F3NO4. The highest BCUT2D eigenvalue weighted by Gasteiger charge is 2.52. The number of hydrogen-bond donors (Lipinski definition) is 1. The van der Waals surface area contributed by atoms with E-state index in [1.54, 1.807) is 18.2 Å². The molecule has 1 aromatic carbocycles. The Kier molecular flexibility index (Phi) is 6.97. The van der Waals surface area contributed by atoms with Crippen LogP contribution in [0, 0.1) is 17.8 Å². The van der Waals surface area contributed by atoms with Crippen molar-refractivity contribution in [1.82, 2.24) is 4.90 Å². The van der Waals surface area contributed by atoms with E-state index in [-0.39, 0.29) is 19.6 Å². The second-order valence-corrected chi connectivity index (χ2v) is 7.21. The van der Waals surface area contributed by atoms with Crippen LogP contribution in [-0.2, 0) is 11.3 Å². The third kappa shape index (κ3) is 5.76. The predicted molar refractivity (Wildman–Crippen MR) is 93.9 cm³/mol. The van der Waals surface area contributed by atoms with Gasteiger partial charge in [0.1, 0.15) is 0 Å². The molecule has 1 N–H and O–H groups in total. The van der Waals surface area contributed by atoms with Crippen LogP contribution in [-0.4, -0.2) is 48.5 Å². The first kappa shape index (κ1) is 21.3. The molecule has 0 bridgehead atoms. The molecule has 1 heterocycles. The third-order valence-corrected chi connectivity index (χ3v) is 4.42. The number of carboxylic acid groups (broad SMARTS) is 1. The highest BCUT2D eigenvalue weighted by atomic mass is 19.4. The molecule has 0 spiro atoms. The fourth-order valence-corrected chi connectivity index (χ4v) is 3.15. The first-order valence-corrected chi connectivity index (χ1v) is 9.02. The zero-order valence-electron chi connectivity index (χ0n) is 15.8. The zero-order chi connectivity index (χ0) is 20.2. The van der Waals surface area contributed by atoms with Gasteiger partial charge in [-0.25, -0.2) is 0 Å². The summed E-state index contributed by atoms with van der Waals surface area (Å²) in [7, 11) is 0. The van der Waals surface area contributed by atoms with E-state index in [1.807, 2.05) is 20.8 Å². The largest absolute Gasteiger partial charge is 0.490 e. The summed E-state index contributed by atoms with van der Waals surface area (Å²) in [5, 5.41) is 9.12. The van der Waals surface area contributed by atoms with Gasteiger partial charge in [0.05, 0.1) is 25.0 Å². The smallest absolute Gasteiger partial charge is 0.393 e. The van der Waals surface area contributed by atoms with E-state index in [0.29, 0.717) is 30.6 Å². The van der Waals surface area contributed by atoms with Gasteiger partial charge in [0.15, 0.2) is 11.5 Å². The van der Waals surface area contributed by atoms with E-state index in [2.05, 4.69) is 0 Å². The third-order valence-electron chi connectivity index (χ3n) is 4.42. The lowest BCUT2D eigenvalue weighted by atomic mass is 9.96. The minimum Gasteiger partial charge on any atom is -0.490 e. The molecule has 0 aliphatic carbocycles. The van der Waals surface area contributed by atoms with Crippen molar-refractivity contribution in [3.8, 4) is 11.5 Å². The first-order valence-electron chi connectivity index (χ1n) is 9.02. The van der Waals surface area contributed by atoms with E-state index in [1.165, 1.54) is 4.90 Å². The van der Waals surface area contributed by atoms with Crippen LogP contribution in [0.5, 0.6) is 11.5 Å². The molecule has 0 radical (unpaired) electrons. The van der Waals surface area contributed by atoms with Gasteiger partial charge < -0.3 is 14.6 Å². The van der Waals surface area contributed by atoms with E-state index in [4.69, 9.17) is 14.6 Å². The number of benzene rings is 1. The summed E-state index contributed by atoms with van der Waals surface area (Å²) < 4.78 is 50.7. The topological polar surface area (TPSA) is 59.0 Å². The van der Waals surface area contributed by atoms with Gasteiger partial charge in [-0.1, -0.05) is 19.9 Å². The molecule has 2 atom stereocenters. The summed E-state index contributed by atoms with van der Waals surface area (Å²) in [4.78, 5) is 12.7. The molecule has 1 saturated heterocycles. The molecule has 1 aliphatic heterocycles. The molecule has 8 heteroatoms. The summed E-state index contributed by atoms with van der Waals surface area (Å²) in [5.41, 5.74) is 0.752. The van der Waals surface area contributed by atoms with Gasteiger partial charge in [-0.2, -0.15) is 13.2 Å². The molecule has 27 heavy (non-hydrogen) atoms. The Morgan fingerprint density at radius 3 is 2.48 bits per heavy atom. The van der Waals surface area contributed by atoms with Crippen molar-refractivity contribution >= 4 is 5.97 Å². The molecule has 1 aromatic rings. The van der Waals surface area contributed by atoms with Crippen molar-refractivity contribution in [2.45, 2.75) is 33.5 Å². The average molecular weight is 389 g/mol. The molecule has 2 rings (SSSR count). The summed E-state index contributed by atoms with van der Waals surface area (Å²) in [6.45, 7) is 6.62. The summed E-state index contributed by atoms with van der Waals surface area (Å²) >= 11 is 0. The fourth-order valence-electron chi connectivity index (χ4n) is 3.15. The normalized spacial score (nSPS) is 20.9. The highest BCUT2D eigenvalue weighted by Crippen LogP contribution is 2.38. The molecule has 152 valence electrons. The van der Waals surface area contributed by atoms with Gasteiger partial charge in [0.25, 0.3) is 0 Å². The first-order chi connectivity index (χ1) is 12.6.